The minimum atomic E-state index is -2.93. The standard InChI is InChI=1S/C13H17FN2O2S2/c14-11-3-2-10(12(8-11)13(15)19)9-16-4-1-6-20(17,18)7-5-16/h2-3,8H,1,4-7,9H2,(H2,15,19). The van der Waals surface area contributed by atoms with E-state index in [2.05, 4.69) is 0 Å². The van der Waals surface area contributed by atoms with Gasteiger partial charge in [0.2, 0.25) is 0 Å². The molecule has 1 aliphatic rings. The maximum absolute atomic E-state index is 13.2. The number of nitrogens with zero attached hydrogens (tertiary/aromatic N) is 1. The van der Waals surface area contributed by atoms with Gasteiger partial charge in [-0.25, -0.2) is 12.8 Å². The van der Waals surface area contributed by atoms with Crippen molar-refractivity contribution in [3.8, 4) is 0 Å². The van der Waals surface area contributed by atoms with Gasteiger partial charge in [0.15, 0.2) is 9.84 Å². The molecule has 0 bridgehead atoms. The predicted octanol–water partition coefficient (Wildman–Crippen LogP) is 1.08. The van der Waals surface area contributed by atoms with Crippen molar-refractivity contribution in [2.45, 2.75) is 13.0 Å². The molecule has 4 nitrogen and oxygen atoms in total. The summed E-state index contributed by atoms with van der Waals surface area (Å²) < 4.78 is 36.4. The van der Waals surface area contributed by atoms with Gasteiger partial charge in [0.1, 0.15) is 10.8 Å². The van der Waals surface area contributed by atoms with Crippen LogP contribution in [0.3, 0.4) is 0 Å². The monoisotopic (exact) mass is 316 g/mol. The molecule has 0 radical (unpaired) electrons. The zero-order valence-corrected chi connectivity index (χ0v) is 12.6. The first kappa shape index (κ1) is 15.3. The summed E-state index contributed by atoms with van der Waals surface area (Å²) in [4.78, 5) is 2.20. The number of hydrogen-bond acceptors (Lipinski definition) is 4. The molecule has 7 heteroatoms. The van der Waals surface area contributed by atoms with Crippen LogP contribution in [0.2, 0.25) is 0 Å². The van der Waals surface area contributed by atoms with Gasteiger partial charge in [0.25, 0.3) is 0 Å². The lowest BCUT2D eigenvalue weighted by Gasteiger charge is -2.20. The summed E-state index contributed by atoms with van der Waals surface area (Å²) in [6, 6.07) is 4.35. The van der Waals surface area contributed by atoms with Crippen LogP contribution in [0.1, 0.15) is 17.5 Å². The molecule has 1 aliphatic heterocycles. The number of hydrogen-bond donors (Lipinski definition) is 1. The Hall–Kier alpha value is -1.05. The van der Waals surface area contributed by atoms with Gasteiger partial charge in [0, 0.05) is 18.7 Å². The fourth-order valence-electron chi connectivity index (χ4n) is 2.31. The lowest BCUT2D eigenvalue weighted by molar-refractivity contribution is 0.287. The van der Waals surface area contributed by atoms with Gasteiger partial charge >= 0.3 is 0 Å². The number of thiocarbonyl (C=S) groups is 1. The van der Waals surface area contributed by atoms with E-state index in [0.29, 0.717) is 31.6 Å². The third-order valence-electron chi connectivity index (χ3n) is 3.38. The first-order valence-electron chi connectivity index (χ1n) is 6.38. The SMILES string of the molecule is NC(=S)c1cc(F)ccc1CN1CCCS(=O)(=O)CC1. The lowest BCUT2D eigenvalue weighted by Crippen LogP contribution is -2.28. The van der Waals surface area contributed by atoms with Crippen LogP contribution >= 0.6 is 12.2 Å². The Morgan fingerprint density at radius 3 is 2.80 bits per heavy atom. The summed E-state index contributed by atoms with van der Waals surface area (Å²) in [5, 5.41) is 0. The molecule has 2 rings (SSSR count). The van der Waals surface area contributed by atoms with Crippen LogP contribution < -0.4 is 5.73 Å². The second-order valence-electron chi connectivity index (χ2n) is 4.95. The van der Waals surface area contributed by atoms with Gasteiger partial charge in [-0.2, -0.15) is 0 Å². The molecule has 0 aliphatic carbocycles. The molecule has 1 aromatic carbocycles. The van der Waals surface area contributed by atoms with E-state index in [0.717, 1.165) is 5.56 Å². The lowest BCUT2D eigenvalue weighted by atomic mass is 10.1. The first-order valence-corrected chi connectivity index (χ1v) is 8.61. The Balaban J connectivity index is 2.16. The first-order chi connectivity index (χ1) is 9.37. The van der Waals surface area contributed by atoms with E-state index in [4.69, 9.17) is 18.0 Å². The Labute approximate surface area is 123 Å². The quantitative estimate of drug-likeness (QED) is 0.846. The number of sulfone groups is 1. The maximum atomic E-state index is 13.2. The molecule has 0 amide bonds. The maximum Gasteiger partial charge on any atom is 0.151 e. The van der Waals surface area contributed by atoms with Crippen LogP contribution in [-0.2, 0) is 16.4 Å². The van der Waals surface area contributed by atoms with Gasteiger partial charge in [-0.15, -0.1) is 0 Å². The van der Waals surface area contributed by atoms with Crippen LogP contribution in [0.5, 0.6) is 0 Å². The van der Waals surface area contributed by atoms with Crippen molar-refractivity contribution in [1.29, 1.82) is 0 Å². The van der Waals surface area contributed by atoms with Gasteiger partial charge < -0.3 is 5.73 Å². The predicted molar refractivity (Wildman–Crippen MR) is 80.8 cm³/mol. The Bertz CT molecular complexity index is 617. The fourth-order valence-corrected chi connectivity index (χ4v) is 3.80. The average Bonchev–Trinajstić information content (AvgIpc) is 2.53. The highest BCUT2D eigenvalue weighted by molar-refractivity contribution is 7.91. The molecule has 0 spiro atoms. The third kappa shape index (κ3) is 3.97. The van der Waals surface area contributed by atoms with E-state index in [-0.39, 0.29) is 22.3 Å². The largest absolute Gasteiger partial charge is 0.389 e. The van der Waals surface area contributed by atoms with Crippen molar-refractivity contribution < 1.29 is 12.8 Å². The van der Waals surface area contributed by atoms with Gasteiger partial charge in [-0.3, -0.25) is 4.90 Å². The van der Waals surface area contributed by atoms with Crippen molar-refractivity contribution in [3.05, 3.63) is 35.1 Å². The summed E-state index contributed by atoms with van der Waals surface area (Å²) >= 11 is 4.94. The summed E-state index contributed by atoms with van der Waals surface area (Å²) in [7, 11) is -2.93. The molecule has 1 fully saturated rings. The number of halogens is 1. The highest BCUT2D eigenvalue weighted by Crippen LogP contribution is 2.16. The Morgan fingerprint density at radius 2 is 2.10 bits per heavy atom. The highest BCUT2D eigenvalue weighted by atomic mass is 32.2. The summed E-state index contributed by atoms with van der Waals surface area (Å²) in [6.07, 6.45) is 0.617. The van der Waals surface area contributed by atoms with E-state index >= 15 is 0 Å². The fraction of sp³-hybridized carbons (Fsp3) is 0.462. The van der Waals surface area contributed by atoms with E-state index in [9.17, 15) is 12.8 Å². The Morgan fingerprint density at radius 1 is 1.35 bits per heavy atom. The van der Waals surface area contributed by atoms with Crippen molar-refractivity contribution in [1.82, 2.24) is 4.90 Å². The number of rotatable bonds is 3. The second kappa shape index (κ2) is 6.15. The molecule has 20 heavy (non-hydrogen) atoms. The molecule has 1 aromatic rings. The molecule has 110 valence electrons. The van der Waals surface area contributed by atoms with Gasteiger partial charge in [-0.1, -0.05) is 18.3 Å². The minimum Gasteiger partial charge on any atom is -0.389 e. The van der Waals surface area contributed by atoms with Crippen molar-refractivity contribution in [2.24, 2.45) is 5.73 Å². The van der Waals surface area contributed by atoms with E-state index in [1.54, 1.807) is 6.07 Å². The normalized spacial score (nSPS) is 19.4. The van der Waals surface area contributed by atoms with Crippen molar-refractivity contribution in [2.75, 3.05) is 24.6 Å². The molecule has 0 aromatic heterocycles. The third-order valence-corrected chi connectivity index (χ3v) is 5.31. The van der Waals surface area contributed by atoms with Gasteiger partial charge in [0.05, 0.1) is 11.5 Å². The van der Waals surface area contributed by atoms with E-state index in [1.807, 2.05) is 4.90 Å². The van der Waals surface area contributed by atoms with E-state index < -0.39 is 9.84 Å². The van der Waals surface area contributed by atoms with Crippen LogP contribution in [0.25, 0.3) is 0 Å². The van der Waals surface area contributed by atoms with Crippen molar-refractivity contribution in [3.63, 3.8) is 0 Å². The molecule has 0 saturated carbocycles. The van der Waals surface area contributed by atoms with Crippen LogP contribution in [0.15, 0.2) is 18.2 Å². The van der Waals surface area contributed by atoms with Gasteiger partial charge in [-0.05, 0) is 30.7 Å². The zero-order chi connectivity index (χ0) is 14.8. The minimum absolute atomic E-state index is 0.155. The van der Waals surface area contributed by atoms with Crippen LogP contribution in [0.4, 0.5) is 4.39 Å². The average molecular weight is 316 g/mol. The molecule has 1 heterocycles. The smallest absolute Gasteiger partial charge is 0.151 e. The topological polar surface area (TPSA) is 63.4 Å². The Kier molecular flexibility index (Phi) is 4.72. The van der Waals surface area contributed by atoms with Crippen molar-refractivity contribution >= 4 is 27.0 Å². The molecule has 2 N–H and O–H groups in total. The second-order valence-corrected chi connectivity index (χ2v) is 7.69. The summed E-state index contributed by atoms with van der Waals surface area (Å²) in [6.45, 7) is 1.71. The van der Waals surface area contributed by atoms with Crippen LogP contribution in [-0.4, -0.2) is 42.9 Å². The summed E-state index contributed by atoms with van der Waals surface area (Å²) in [5.74, 6) is 0.0149. The van der Waals surface area contributed by atoms with E-state index in [1.165, 1.54) is 12.1 Å². The highest BCUT2D eigenvalue weighted by Gasteiger charge is 2.20. The van der Waals surface area contributed by atoms with Crippen LogP contribution in [0, 0.1) is 5.82 Å². The zero-order valence-electron chi connectivity index (χ0n) is 11.0. The number of benzene rings is 1. The molecule has 0 unspecified atom stereocenters. The molecular formula is C13H17FN2O2S2. The molecular weight excluding hydrogens is 299 g/mol. The molecule has 0 atom stereocenters. The molecule has 1 saturated heterocycles. The number of nitrogens with two attached hydrogens (primary N) is 1. The summed E-state index contributed by atoms with van der Waals surface area (Å²) in [5.41, 5.74) is 6.97.